The molecule has 0 aliphatic carbocycles. The van der Waals surface area contributed by atoms with Crippen molar-refractivity contribution in [1.29, 1.82) is 0 Å². The molecule has 8 heterocycles. The lowest BCUT2D eigenvalue weighted by Gasteiger charge is -2.26. The molecule has 5 aromatic rings. The van der Waals surface area contributed by atoms with Crippen molar-refractivity contribution in [3.8, 4) is 0 Å². The van der Waals surface area contributed by atoms with Crippen molar-refractivity contribution in [1.82, 2.24) is 43.6 Å². The number of methoxy groups -OCH3 is 2. The summed E-state index contributed by atoms with van der Waals surface area (Å²) in [5.41, 5.74) is 9.38. The molecule has 75 heavy (non-hydrogen) atoms. The topological polar surface area (TPSA) is 516 Å². The quantitative estimate of drug-likeness (QED) is 0.0234. The van der Waals surface area contributed by atoms with Gasteiger partial charge >= 0.3 is 42.5 Å². The standard InChI is InChI=1S/C34H48N12O25P4/c1-43-13-46(28-21(43)29(51)42-33(36)41-28)31-22(48)14(6-61-2)16(66-31)8-64-73(55,56)70-75(59,60)71-74(57,58)65-10-18-25(15(7-62-3)30(68-18)45-12-39-20-26(35)37-11-38-27(20)45)69-72(53,54)63-9-17-23(49)24(50)32(67-17)44-5-4-19(47)40-34(44)52/h4-5,11-18,22-25,30-32,48-50H,6-10H2,1-3H3,(H9-,35,36,37,38,40,41,42,47,51,52,53,54,55,56,57,58,59,60)/p+1/t14-,15-,16-,17-,18-,22-,23-,24-,25+,30-,31-,32-/m1/s1. The van der Waals surface area contributed by atoms with E-state index >= 15 is 0 Å². The Kier molecular flexibility index (Phi) is 16.6. The number of aromatic amines is 2. The highest BCUT2D eigenvalue weighted by molar-refractivity contribution is 7.66. The predicted molar refractivity (Wildman–Crippen MR) is 242 cm³/mol. The minimum Gasteiger partial charge on any atom is -0.387 e. The number of imidazole rings is 2. The van der Waals surface area contributed by atoms with E-state index in [1.165, 1.54) is 47.6 Å². The lowest BCUT2D eigenvalue weighted by atomic mass is 9.99. The molecule has 0 aromatic carbocycles. The summed E-state index contributed by atoms with van der Waals surface area (Å²) in [7, 11) is -19.4. The van der Waals surface area contributed by atoms with Crippen molar-refractivity contribution >= 4 is 65.4 Å². The van der Waals surface area contributed by atoms with Crippen molar-refractivity contribution in [2.24, 2.45) is 18.9 Å². The van der Waals surface area contributed by atoms with Crippen LogP contribution in [0.15, 0.2) is 45.6 Å². The van der Waals surface area contributed by atoms with Gasteiger partial charge in [0.15, 0.2) is 17.7 Å². The van der Waals surface area contributed by atoms with Gasteiger partial charge in [0.2, 0.25) is 18.5 Å². The monoisotopic (exact) mass is 1150 g/mol. The van der Waals surface area contributed by atoms with Crippen LogP contribution in [0, 0.1) is 11.8 Å². The van der Waals surface area contributed by atoms with Crippen molar-refractivity contribution in [2.75, 3.05) is 58.7 Å². The van der Waals surface area contributed by atoms with Crippen molar-refractivity contribution < 1.29 is 108 Å². The van der Waals surface area contributed by atoms with Crippen molar-refractivity contribution in [3.63, 3.8) is 0 Å². The predicted octanol–water partition coefficient (Wildman–Crippen LogP) is -3.73. The summed E-state index contributed by atoms with van der Waals surface area (Å²) in [6.07, 6.45) is -11.4. The number of aromatic nitrogens is 10. The van der Waals surface area contributed by atoms with E-state index < -0.39 is 148 Å². The first-order chi connectivity index (χ1) is 35.2. The van der Waals surface area contributed by atoms with E-state index in [1.54, 1.807) is 0 Å². The fourth-order valence-electron chi connectivity index (χ4n) is 8.55. The summed E-state index contributed by atoms with van der Waals surface area (Å²) in [5, 5.41) is 32.6. The molecule has 16 atom stereocenters. The number of nitrogen functional groups attached to an aromatic ring is 2. The maximum atomic E-state index is 13.7. The highest BCUT2D eigenvalue weighted by atomic mass is 31.3. The van der Waals surface area contributed by atoms with Gasteiger partial charge in [-0.05, 0) is 0 Å². The normalized spacial score (nSPS) is 30.4. The molecular formula is C34H49N12O25P4+. The van der Waals surface area contributed by atoms with Gasteiger partial charge in [-0.15, -0.1) is 0 Å². The summed E-state index contributed by atoms with van der Waals surface area (Å²) in [5.74, 6) is -2.62. The van der Waals surface area contributed by atoms with E-state index in [9.17, 15) is 67.5 Å². The Labute approximate surface area is 417 Å². The third-order valence-electron chi connectivity index (χ3n) is 11.8. The molecule has 13 N–H and O–H groups in total. The number of aryl methyl sites for hydroxylation is 1. The summed E-state index contributed by atoms with van der Waals surface area (Å²) in [6.45, 7) is -3.84. The zero-order valence-corrected chi connectivity index (χ0v) is 42.4. The van der Waals surface area contributed by atoms with Crippen LogP contribution in [0.2, 0.25) is 0 Å². The molecule has 3 fully saturated rings. The van der Waals surface area contributed by atoms with E-state index in [4.69, 9.17) is 53.2 Å². The van der Waals surface area contributed by atoms with E-state index in [-0.39, 0.29) is 40.7 Å². The minimum atomic E-state index is -6.18. The van der Waals surface area contributed by atoms with E-state index in [0.29, 0.717) is 0 Å². The number of nitrogens with zero attached hydrogens (tertiary/aromatic N) is 8. The highest BCUT2D eigenvalue weighted by Gasteiger charge is 2.54. The number of fused-ring (bicyclic) bond motifs is 2. The summed E-state index contributed by atoms with van der Waals surface area (Å²) >= 11 is 0. The van der Waals surface area contributed by atoms with Crippen molar-refractivity contribution in [3.05, 3.63) is 62.4 Å². The van der Waals surface area contributed by atoms with E-state index in [1.807, 2.05) is 4.98 Å². The molecule has 0 spiro atoms. The van der Waals surface area contributed by atoms with Crippen LogP contribution >= 0.6 is 31.3 Å². The molecule has 3 saturated heterocycles. The van der Waals surface area contributed by atoms with Gasteiger partial charge in [0.05, 0.1) is 58.4 Å². The van der Waals surface area contributed by atoms with Gasteiger partial charge in [-0.25, -0.2) is 42.6 Å². The number of nitrogens with two attached hydrogens (primary N) is 2. The van der Waals surface area contributed by atoms with Crippen LogP contribution in [0.1, 0.15) is 18.7 Å². The van der Waals surface area contributed by atoms with Crippen LogP contribution in [-0.4, -0.2) is 168 Å². The summed E-state index contributed by atoms with van der Waals surface area (Å²) in [6, 6.07) is 0.929. The number of phosphoric acid groups is 4. The largest absolute Gasteiger partial charge is 0.490 e. The average molecular weight is 1150 g/mol. The third-order valence-corrected chi connectivity index (χ3v) is 17.0. The molecule has 0 bridgehead atoms. The van der Waals surface area contributed by atoms with Gasteiger partial charge in [-0.1, -0.05) is 0 Å². The first-order valence-electron chi connectivity index (χ1n) is 21.6. The number of rotatable bonds is 22. The fraction of sp³-hybridized carbons (Fsp3) is 0.588. The van der Waals surface area contributed by atoms with Crippen LogP contribution in [0.5, 0.6) is 0 Å². The maximum absolute atomic E-state index is 13.7. The molecule has 5 aromatic heterocycles. The van der Waals surface area contributed by atoms with Gasteiger partial charge in [0.1, 0.15) is 54.7 Å². The SMILES string of the molecule is COC[C@@H]1[C@H](OP(=O)(O)OC[C@H]2O[C@@H](n3ccc(=O)[nH]c3=O)[C@H](O)[C@@H]2O)[C@@H](COP(=O)(O)OP(=O)(O)OP(=O)(O)OC[C@H]2O[C@@H](n3c[n+](C)c4c(=O)[nH]c(N)nc43)[C@H](O)[C@@H]2COC)O[C@H]1n1cnc2c(N)ncnc21. The van der Waals surface area contributed by atoms with Crippen LogP contribution in [0.3, 0.4) is 0 Å². The van der Waals surface area contributed by atoms with Gasteiger partial charge in [0.25, 0.3) is 16.7 Å². The van der Waals surface area contributed by atoms with Crippen LogP contribution < -0.4 is 32.8 Å². The molecule has 0 saturated carbocycles. The molecule has 3 aliphatic heterocycles. The molecule has 0 radical (unpaired) electrons. The summed E-state index contributed by atoms with van der Waals surface area (Å²) < 4.78 is 115. The lowest BCUT2D eigenvalue weighted by Crippen LogP contribution is -2.37. The number of ether oxygens (including phenoxy) is 5. The minimum absolute atomic E-state index is 0.0204. The van der Waals surface area contributed by atoms with Crippen LogP contribution in [-0.2, 0) is 75.7 Å². The molecule has 3 aliphatic rings. The Hall–Kier alpha value is -4.62. The maximum Gasteiger partial charge on any atom is 0.490 e. The number of anilines is 2. The third kappa shape index (κ3) is 12.2. The number of aliphatic hydroxyl groups is 3. The number of hydrogen-bond donors (Lipinski definition) is 11. The van der Waals surface area contributed by atoms with E-state index in [2.05, 4.69) is 33.5 Å². The smallest absolute Gasteiger partial charge is 0.387 e. The Morgan fingerprint density at radius 2 is 1.29 bits per heavy atom. The van der Waals surface area contributed by atoms with E-state index in [0.717, 1.165) is 23.2 Å². The number of phosphoric ester groups is 3. The number of aliphatic hydroxyl groups excluding tert-OH is 3. The molecule has 4 unspecified atom stereocenters. The van der Waals surface area contributed by atoms with Crippen molar-refractivity contribution in [2.45, 2.75) is 61.4 Å². The molecule has 414 valence electrons. The molecule has 0 amide bonds. The first-order valence-corrected chi connectivity index (χ1v) is 27.6. The second kappa shape index (κ2) is 22.0. The zero-order valence-electron chi connectivity index (χ0n) is 38.9. The second-order valence-electron chi connectivity index (χ2n) is 16.8. The summed E-state index contributed by atoms with van der Waals surface area (Å²) in [4.78, 5) is 99.8. The fourth-order valence-corrected chi connectivity index (χ4v) is 13.1. The van der Waals surface area contributed by atoms with Gasteiger partial charge < -0.3 is 70.0 Å². The molecule has 8 rings (SSSR count). The first kappa shape index (κ1) is 56.6. The Balaban J connectivity index is 0.949. The van der Waals surface area contributed by atoms with Gasteiger partial charge in [-0.2, -0.15) is 18.2 Å². The van der Waals surface area contributed by atoms with Crippen LogP contribution in [0.4, 0.5) is 11.8 Å². The number of nitrogens with one attached hydrogen (secondary N) is 2. The number of hydrogen-bond acceptors (Lipinski definition) is 27. The van der Waals surface area contributed by atoms with Gasteiger partial charge in [0, 0.05) is 32.4 Å². The van der Waals surface area contributed by atoms with Crippen LogP contribution in [0.25, 0.3) is 22.3 Å². The Morgan fingerprint density at radius 1 is 0.693 bits per heavy atom. The lowest BCUT2D eigenvalue weighted by molar-refractivity contribution is -0.646. The zero-order chi connectivity index (χ0) is 54.5. The average Bonchev–Trinajstić information content (AvgIpc) is 4.11. The number of H-pyrrole nitrogens is 2. The second-order valence-corrected chi connectivity index (χ2v) is 22.8. The Bertz CT molecular complexity index is 3280. The Morgan fingerprint density at radius 3 is 1.96 bits per heavy atom. The molecule has 37 nitrogen and oxygen atoms in total. The molecular weight excluding hydrogens is 1100 g/mol. The molecule has 41 heteroatoms. The van der Waals surface area contributed by atoms with Gasteiger partial charge in [-0.3, -0.25) is 46.8 Å². The highest BCUT2D eigenvalue weighted by Crippen LogP contribution is 2.68.